The van der Waals surface area contributed by atoms with Crippen LogP contribution < -0.4 is 9.47 Å². The van der Waals surface area contributed by atoms with Crippen LogP contribution in [0.1, 0.15) is 6.92 Å². The number of carbonyl (C=O) groups excluding carboxylic acids is 1. The molecule has 0 N–H and O–H groups in total. The summed E-state index contributed by atoms with van der Waals surface area (Å²) in [6.45, 7) is 3.00. The van der Waals surface area contributed by atoms with Crippen LogP contribution >= 0.6 is 28.3 Å². The number of rotatable bonds is 2. The fourth-order valence-corrected chi connectivity index (χ4v) is 3.46. The number of hydrogen-bond donors (Lipinski definition) is 0. The van der Waals surface area contributed by atoms with Gasteiger partial charge in [-0.3, -0.25) is 10.1 Å². The third-order valence-electron chi connectivity index (χ3n) is 3.24. The number of amides is 1. The van der Waals surface area contributed by atoms with Crippen LogP contribution in [0.5, 0.6) is 0 Å². The van der Waals surface area contributed by atoms with Crippen LogP contribution in [0.3, 0.4) is 0 Å². The van der Waals surface area contributed by atoms with Crippen LogP contribution in [-0.2, 0) is 11.3 Å². The number of nitro groups is 1. The number of hydrogen-bond acceptors (Lipinski definition) is 4. The van der Waals surface area contributed by atoms with E-state index < -0.39 is 4.92 Å². The minimum absolute atomic E-state index is 0. The van der Waals surface area contributed by atoms with Gasteiger partial charge in [-0.1, -0.05) is 12.1 Å². The van der Waals surface area contributed by atoms with Gasteiger partial charge in [0.2, 0.25) is 0 Å². The van der Waals surface area contributed by atoms with Crippen molar-refractivity contribution in [2.75, 3.05) is 11.4 Å². The number of nitro benzene ring substituents is 1. The van der Waals surface area contributed by atoms with Crippen molar-refractivity contribution >= 4 is 45.0 Å². The molecule has 0 spiro atoms. The van der Waals surface area contributed by atoms with Crippen molar-refractivity contribution in [3.63, 3.8) is 0 Å². The molecular weight excluding hydrogens is 358 g/mol. The highest BCUT2D eigenvalue weighted by Gasteiger charge is 2.34. The Hall–Kier alpha value is -1.80. The zero-order valence-corrected chi connectivity index (χ0v) is 13.7. The molecule has 0 aliphatic carbocycles. The van der Waals surface area contributed by atoms with Crippen molar-refractivity contribution < 1.29 is 14.3 Å². The molecule has 0 fully saturated rings. The topological polar surface area (TPSA) is 67.3 Å². The van der Waals surface area contributed by atoms with Crippen molar-refractivity contribution in [1.82, 2.24) is 0 Å². The van der Waals surface area contributed by atoms with E-state index in [1.807, 2.05) is 16.8 Å². The molecule has 8 heteroatoms. The van der Waals surface area contributed by atoms with Crippen LogP contribution in [0.2, 0.25) is 0 Å². The van der Waals surface area contributed by atoms with E-state index in [0.29, 0.717) is 6.54 Å². The third-order valence-corrected chi connectivity index (χ3v) is 4.44. The predicted molar refractivity (Wildman–Crippen MR) is 85.0 cm³/mol. The summed E-state index contributed by atoms with van der Waals surface area (Å²) >= 11 is 1.48. The average molecular weight is 371 g/mol. The number of fused-ring (bicyclic) bond motifs is 1. The molecule has 0 radical (unpaired) electrons. The maximum atomic E-state index is 11.5. The quantitative estimate of drug-likeness (QED) is 0.463. The summed E-state index contributed by atoms with van der Waals surface area (Å²) in [4.78, 5) is 24.6. The summed E-state index contributed by atoms with van der Waals surface area (Å²) in [5, 5.41) is 11.7. The maximum absolute atomic E-state index is 11.5. The van der Waals surface area contributed by atoms with Crippen LogP contribution in [0.4, 0.5) is 10.8 Å². The molecule has 0 unspecified atom stereocenters. The highest BCUT2D eigenvalue weighted by molar-refractivity contribution is 8.93. The van der Waals surface area contributed by atoms with Gasteiger partial charge in [0.05, 0.1) is 9.80 Å². The molecule has 1 aliphatic rings. The summed E-state index contributed by atoms with van der Waals surface area (Å²) in [7, 11) is 0. The number of non-ortho nitro benzene ring substituents is 1. The van der Waals surface area contributed by atoms with Gasteiger partial charge in [0.25, 0.3) is 5.69 Å². The molecule has 0 saturated carbocycles. The number of benzene rings is 1. The number of aromatic nitrogens is 1. The summed E-state index contributed by atoms with van der Waals surface area (Å²) in [5.74, 6) is 0.0173. The van der Waals surface area contributed by atoms with Gasteiger partial charge in [-0.05, 0) is 11.3 Å². The highest BCUT2D eigenvalue weighted by atomic mass is 79.9. The molecule has 1 aromatic heterocycles. The first-order chi connectivity index (χ1) is 9.56. The first kappa shape index (κ1) is 15.6. The van der Waals surface area contributed by atoms with Gasteiger partial charge in [-0.25, -0.2) is 9.36 Å². The predicted octanol–water partition coefficient (Wildman–Crippen LogP) is 2.56. The van der Waals surface area contributed by atoms with Gasteiger partial charge >= 0.3 is 11.0 Å². The van der Waals surface area contributed by atoms with E-state index >= 15 is 0 Å². The molecule has 1 amide bonds. The zero-order chi connectivity index (χ0) is 14.3. The zero-order valence-electron chi connectivity index (χ0n) is 11.2. The fourth-order valence-electron chi connectivity index (χ4n) is 2.25. The second kappa shape index (κ2) is 5.90. The molecule has 3 rings (SSSR count). The van der Waals surface area contributed by atoms with Gasteiger partial charge < -0.3 is 0 Å². The Kier molecular flexibility index (Phi) is 4.38. The summed E-state index contributed by atoms with van der Waals surface area (Å²) in [5.41, 5.74) is 0.874. The minimum Gasteiger partial charge on any atom is -0.258 e. The maximum Gasteiger partial charge on any atom is 0.344 e. The lowest BCUT2D eigenvalue weighted by Gasteiger charge is -2.01. The monoisotopic (exact) mass is 370 g/mol. The molecule has 21 heavy (non-hydrogen) atoms. The average Bonchev–Trinajstić information content (AvgIpc) is 2.97. The largest absolute Gasteiger partial charge is 0.344 e. The molecule has 110 valence electrons. The normalized spacial score (nSPS) is 12.7. The van der Waals surface area contributed by atoms with Crippen molar-refractivity contribution in [2.24, 2.45) is 0 Å². The smallest absolute Gasteiger partial charge is 0.258 e. The number of halogens is 1. The van der Waals surface area contributed by atoms with E-state index in [1.165, 1.54) is 17.4 Å². The first-order valence-electron chi connectivity index (χ1n) is 6.12. The van der Waals surface area contributed by atoms with E-state index in [0.717, 1.165) is 22.1 Å². The van der Waals surface area contributed by atoms with E-state index in [1.54, 1.807) is 24.0 Å². The SMILES string of the molecule is Br.CC(=O)N1CC[n+]2cc(-c3cccc([N+](=O)[O-])c3)sc21. The molecule has 0 saturated heterocycles. The molecule has 1 aromatic carbocycles. The Morgan fingerprint density at radius 3 is 2.90 bits per heavy atom. The van der Waals surface area contributed by atoms with Crippen molar-refractivity contribution in [1.29, 1.82) is 0 Å². The van der Waals surface area contributed by atoms with Crippen LogP contribution in [0, 0.1) is 10.1 Å². The van der Waals surface area contributed by atoms with E-state index in [2.05, 4.69) is 0 Å². The first-order valence-corrected chi connectivity index (χ1v) is 6.94. The van der Waals surface area contributed by atoms with Crippen molar-refractivity contribution in [3.8, 4) is 10.4 Å². The molecule has 0 bridgehead atoms. The fraction of sp³-hybridized carbons (Fsp3) is 0.231. The van der Waals surface area contributed by atoms with Crippen LogP contribution in [0.25, 0.3) is 10.4 Å². The molecular formula is C13H13BrN3O3S+. The number of nitrogens with zero attached hydrogens (tertiary/aromatic N) is 3. The molecule has 0 atom stereocenters. The Balaban J connectivity index is 0.00000161. The number of thiazole rings is 1. The third kappa shape index (κ3) is 2.81. The minimum atomic E-state index is -0.403. The van der Waals surface area contributed by atoms with Gasteiger partial charge in [-0.2, -0.15) is 4.90 Å². The summed E-state index contributed by atoms with van der Waals surface area (Å²) in [6, 6.07) is 6.54. The Morgan fingerprint density at radius 2 is 2.24 bits per heavy atom. The number of carbonyl (C=O) groups is 1. The summed E-state index contributed by atoms with van der Waals surface area (Å²) < 4.78 is 2.01. The lowest BCUT2D eigenvalue weighted by atomic mass is 10.2. The van der Waals surface area contributed by atoms with E-state index in [4.69, 9.17) is 0 Å². The lowest BCUT2D eigenvalue weighted by Crippen LogP contribution is -2.28. The van der Waals surface area contributed by atoms with Crippen LogP contribution in [-0.4, -0.2) is 17.4 Å². The molecule has 2 aromatic rings. The van der Waals surface area contributed by atoms with E-state index in [-0.39, 0.29) is 28.6 Å². The van der Waals surface area contributed by atoms with Crippen molar-refractivity contribution in [3.05, 3.63) is 40.6 Å². The lowest BCUT2D eigenvalue weighted by molar-refractivity contribution is -0.666. The molecule has 1 aliphatic heterocycles. The van der Waals surface area contributed by atoms with Gasteiger partial charge in [-0.15, -0.1) is 17.0 Å². The summed E-state index contributed by atoms with van der Waals surface area (Å²) in [6.07, 6.45) is 1.95. The number of anilines is 1. The van der Waals surface area contributed by atoms with Gasteiger partial charge in [0.15, 0.2) is 0 Å². The van der Waals surface area contributed by atoms with Gasteiger partial charge in [0.1, 0.15) is 19.3 Å². The van der Waals surface area contributed by atoms with Crippen molar-refractivity contribution in [2.45, 2.75) is 13.5 Å². The Morgan fingerprint density at radius 1 is 1.48 bits per heavy atom. The molecule has 6 nitrogen and oxygen atoms in total. The Bertz CT molecular complexity index is 716. The van der Waals surface area contributed by atoms with Gasteiger partial charge in [0, 0.05) is 24.6 Å². The highest BCUT2D eigenvalue weighted by Crippen LogP contribution is 2.33. The molecule has 2 heterocycles. The van der Waals surface area contributed by atoms with E-state index in [9.17, 15) is 14.9 Å². The second-order valence-electron chi connectivity index (χ2n) is 4.55. The van der Waals surface area contributed by atoms with Crippen LogP contribution in [0.15, 0.2) is 30.5 Å². The second-order valence-corrected chi connectivity index (χ2v) is 5.56. The Labute approximate surface area is 135 Å². The standard InChI is InChI=1S/C13H12N3O3S.BrH/c1-9(17)15-6-5-14-8-12(20-13(14)15)10-3-2-4-11(7-10)16(18)19;/h2-4,7-8H,5-6H2,1H3;1H/q+1;.